The first-order valence-corrected chi connectivity index (χ1v) is 16.7. The number of fused-ring (bicyclic) bond motifs is 1. The Morgan fingerprint density at radius 1 is 1.00 bits per heavy atom. The molecule has 284 valence electrons. The van der Waals surface area contributed by atoms with E-state index in [0.717, 1.165) is 0 Å². The van der Waals surface area contributed by atoms with Crippen LogP contribution < -0.4 is 0 Å². The third-order valence-corrected chi connectivity index (χ3v) is 11.6. The Morgan fingerprint density at radius 3 is 2.22 bits per heavy atom. The highest BCUT2D eigenvalue weighted by Gasteiger charge is 3.04. The first kappa shape index (κ1) is 38.7. The monoisotopic (exact) mass is 720 g/mol. The van der Waals surface area contributed by atoms with Crippen molar-refractivity contribution in [1.29, 1.82) is 0 Å². The summed E-state index contributed by atoms with van der Waals surface area (Å²) >= 11 is 0. The van der Waals surface area contributed by atoms with Crippen molar-refractivity contribution in [2.45, 2.75) is 120 Å². The van der Waals surface area contributed by atoms with Gasteiger partial charge in [-0.3, -0.25) is 4.79 Å². The molecule has 6 fully saturated rings. The first-order chi connectivity index (χ1) is 23.3. The Kier molecular flexibility index (Phi) is 10.2. The number of hydrogen-bond donors (Lipinski definition) is 8. The largest absolute Gasteiger partial charge is 0.480 e. The predicted molar refractivity (Wildman–Crippen MR) is 160 cm³/mol. The number of carbonyl (C=O) groups excluding carboxylic acids is 3. The van der Waals surface area contributed by atoms with Crippen LogP contribution in [0.15, 0.2) is 0 Å². The van der Waals surface area contributed by atoms with E-state index in [0.29, 0.717) is 12.8 Å². The number of carboxylic acids is 1. The number of rotatable bonds is 12. The summed E-state index contributed by atoms with van der Waals surface area (Å²) in [5, 5.41) is 77.9. The molecule has 8 N–H and O–H groups in total. The highest BCUT2D eigenvalue weighted by Crippen LogP contribution is 2.84. The fourth-order valence-corrected chi connectivity index (χ4v) is 9.71. The van der Waals surface area contributed by atoms with Crippen molar-refractivity contribution in [3.05, 3.63) is 0 Å². The lowest BCUT2D eigenvalue weighted by molar-refractivity contribution is -0.240. The van der Waals surface area contributed by atoms with Crippen molar-refractivity contribution in [1.82, 2.24) is 0 Å². The topological polar surface area (TPSA) is 285 Å². The molecule has 6 aliphatic rings. The van der Waals surface area contributed by atoms with Crippen molar-refractivity contribution in [2.24, 2.45) is 28.1 Å². The number of carbonyl (C=O) groups is 4. The van der Waals surface area contributed by atoms with Crippen LogP contribution in [-0.2, 0) is 47.6 Å². The fourth-order valence-electron chi connectivity index (χ4n) is 9.71. The Labute approximate surface area is 287 Å². The van der Waals surface area contributed by atoms with Gasteiger partial charge < -0.3 is 69.3 Å². The smallest absolute Gasteiger partial charge is 0.343 e. The standard InChI is InChI=1S/C24H30O13.C8H18O5/c1-9-16(28)35-14-13(27)22-11-7-10(20(2,3)4)21(22)15(33-6-5-32-8-12(25)26)17(29)36-19(21)37-24(22,18(30)34-11)23(9,14)31;1-2-3-5(10)7(12)8(13)6(11)4-9/h9-11,13-15,19,27,31H,5-8H2,1-4H3,(H,25,26);5-13H,2-4H2,1H3/t9?,10-,11?,13-,14-,15-,19-,21?,22-,23+,24+;5-,6+,7+,8+/m00/s1. The molecule has 4 aliphatic heterocycles. The Balaban J connectivity index is 0.000000320. The summed E-state index contributed by atoms with van der Waals surface area (Å²) in [4.78, 5) is 50.3. The van der Waals surface area contributed by atoms with Gasteiger partial charge in [0.2, 0.25) is 11.9 Å². The maximum Gasteiger partial charge on any atom is 0.343 e. The zero-order valence-corrected chi connectivity index (χ0v) is 28.5. The molecule has 15 atom stereocenters. The summed E-state index contributed by atoms with van der Waals surface area (Å²) in [6.07, 6.45) is -11.1. The highest BCUT2D eigenvalue weighted by atomic mass is 16.8. The van der Waals surface area contributed by atoms with Crippen LogP contribution in [0.4, 0.5) is 0 Å². The Morgan fingerprint density at radius 2 is 1.64 bits per heavy atom. The van der Waals surface area contributed by atoms with Crippen LogP contribution in [0.25, 0.3) is 0 Å². The third kappa shape index (κ3) is 4.83. The molecule has 0 bridgehead atoms. The molecule has 2 saturated carbocycles. The lowest BCUT2D eigenvalue weighted by Gasteiger charge is -2.48. The zero-order valence-electron chi connectivity index (χ0n) is 28.5. The van der Waals surface area contributed by atoms with Gasteiger partial charge in [-0.2, -0.15) is 0 Å². The van der Waals surface area contributed by atoms with Crippen LogP contribution in [0.2, 0.25) is 0 Å². The normalized spacial score (nSPS) is 43.0. The second kappa shape index (κ2) is 13.2. The molecule has 4 saturated heterocycles. The molecule has 0 amide bonds. The van der Waals surface area contributed by atoms with Crippen LogP contribution in [0.1, 0.15) is 53.9 Å². The molecule has 3 unspecified atom stereocenters. The summed E-state index contributed by atoms with van der Waals surface area (Å²) in [5.41, 5.74) is -8.36. The van der Waals surface area contributed by atoms with Gasteiger partial charge in [0, 0.05) is 0 Å². The van der Waals surface area contributed by atoms with Gasteiger partial charge in [-0.25, -0.2) is 14.4 Å². The minimum Gasteiger partial charge on any atom is -0.480 e. The molecule has 6 rings (SSSR count). The number of carboxylic acid groups (broad SMARTS) is 1. The van der Waals surface area contributed by atoms with Gasteiger partial charge in [0.1, 0.15) is 37.1 Å². The molecule has 2 aliphatic carbocycles. The highest BCUT2D eigenvalue weighted by molar-refractivity contribution is 5.94. The molecule has 18 nitrogen and oxygen atoms in total. The number of esters is 3. The lowest BCUT2D eigenvalue weighted by atomic mass is 9.51. The van der Waals surface area contributed by atoms with Crippen molar-refractivity contribution in [2.75, 3.05) is 26.4 Å². The van der Waals surface area contributed by atoms with E-state index < -0.39 is 131 Å². The van der Waals surface area contributed by atoms with Gasteiger partial charge in [0.25, 0.3) is 0 Å². The molecule has 0 aromatic rings. The average molecular weight is 721 g/mol. The van der Waals surface area contributed by atoms with E-state index in [9.17, 15) is 39.6 Å². The summed E-state index contributed by atoms with van der Waals surface area (Å²) in [5.74, 6) is -5.44. The Bertz CT molecular complexity index is 1350. The molecule has 18 heteroatoms. The molecule has 0 aromatic carbocycles. The second-order valence-corrected chi connectivity index (χ2v) is 15.1. The van der Waals surface area contributed by atoms with E-state index in [-0.39, 0.29) is 19.6 Å². The van der Waals surface area contributed by atoms with Crippen LogP contribution in [0.5, 0.6) is 0 Å². The van der Waals surface area contributed by atoms with Crippen LogP contribution in [0, 0.1) is 28.1 Å². The third-order valence-electron chi connectivity index (χ3n) is 11.6. The fraction of sp³-hybridized carbons (Fsp3) is 0.875. The van der Waals surface area contributed by atoms with Crippen molar-refractivity contribution < 1.29 is 88.5 Å². The first-order valence-electron chi connectivity index (χ1n) is 16.7. The quantitative estimate of drug-likeness (QED) is 0.0565. The van der Waals surface area contributed by atoms with Gasteiger partial charge in [0.15, 0.2) is 17.8 Å². The number of aliphatic carboxylic acids is 1. The van der Waals surface area contributed by atoms with Crippen molar-refractivity contribution in [3.63, 3.8) is 0 Å². The van der Waals surface area contributed by atoms with Crippen LogP contribution in [-0.4, -0.2) is 157 Å². The van der Waals surface area contributed by atoms with Gasteiger partial charge >= 0.3 is 23.9 Å². The van der Waals surface area contributed by atoms with E-state index in [1.165, 1.54) is 6.92 Å². The summed E-state index contributed by atoms with van der Waals surface area (Å²) < 4.78 is 34.3. The van der Waals surface area contributed by atoms with E-state index >= 15 is 0 Å². The maximum absolute atomic E-state index is 13.7. The van der Waals surface area contributed by atoms with Crippen molar-refractivity contribution >= 4 is 23.9 Å². The second-order valence-electron chi connectivity index (χ2n) is 15.1. The van der Waals surface area contributed by atoms with Gasteiger partial charge in [-0.1, -0.05) is 34.1 Å². The summed E-state index contributed by atoms with van der Waals surface area (Å²) in [7, 11) is 0. The van der Waals surface area contributed by atoms with Crippen LogP contribution in [0.3, 0.4) is 0 Å². The molecule has 0 radical (unpaired) electrons. The summed E-state index contributed by atoms with van der Waals surface area (Å²) in [6.45, 7) is 7.45. The minimum absolute atomic E-state index is 0.154. The SMILES string of the molecule is CC1C(=O)O[C@H]2[C@H](O)[C@@]34C5C[C@@H](C(C)(C)C)C36[C@@H](OC(=O)[C@@H]6OCCOCC(=O)O)O[C@@]4(C(=O)O5)[C@@]12O.CCC[C@H](O)[C@@H](O)[C@H](O)[C@H](O)CO. The van der Waals surface area contributed by atoms with E-state index in [2.05, 4.69) is 0 Å². The number of aliphatic hydroxyl groups is 7. The van der Waals surface area contributed by atoms with Gasteiger partial charge in [0.05, 0.1) is 42.7 Å². The van der Waals surface area contributed by atoms with Crippen molar-refractivity contribution in [3.8, 4) is 0 Å². The molecular formula is C32H48O18. The van der Waals surface area contributed by atoms with E-state index in [1.54, 1.807) is 0 Å². The molecule has 4 heterocycles. The minimum atomic E-state index is -2.29. The number of hydrogen-bond acceptors (Lipinski definition) is 17. The summed E-state index contributed by atoms with van der Waals surface area (Å²) in [6, 6.07) is 0. The zero-order chi connectivity index (χ0) is 37.4. The van der Waals surface area contributed by atoms with E-state index in [4.69, 9.17) is 48.8 Å². The average Bonchev–Trinajstić information content (AvgIpc) is 3.77. The van der Waals surface area contributed by atoms with E-state index in [1.807, 2.05) is 27.7 Å². The van der Waals surface area contributed by atoms with Gasteiger partial charge in [-0.05, 0) is 31.1 Å². The van der Waals surface area contributed by atoms with Crippen LogP contribution >= 0.6 is 0 Å². The maximum atomic E-state index is 13.7. The predicted octanol–water partition coefficient (Wildman–Crippen LogP) is -3.02. The molecule has 50 heavy (non-hydrogen) atoms. The lowest BCUT2D eigenvalue weighted by Crippen LogP contribution is -2.67. The number of ether oxygens (including phenoxy) is 6. The van der Waals surface area contributed by atoms with Gasteiger partial charge in [-0.15, -0.1) is 0 Å². The number of aliphatic hydroxyl groups excluding tert-OH is 6. The molecule has 2 spiro atoms. The molecular weight excluding hydrogens is 672 g/mol. The Hall–Kier alpha value is -2.52. The molecule has 0 aromatic heterocycles.